The standard InChI is InChI=1S/C24H17ClN2O2/c25-20-11-9-17(10-12-20)21-15-22(23-6-3-13-29-23)27(26-21)24(28)19-8-7-16-4-1-2-5-18(16)14-19/h1-14,22H,15H2/t22-/m1/s1. The fourth-order valence-corrected chi connectivity index (χ4v) is 3.80. The lowest BCUT2D eigenvalue weighted by molar-refractivity contribution is 0.0693. The van der Waals surface area contributed by atoms with Crippen LogP contribution >= 0.6 is 11.6 Å². The Morgan fingerprint density at radius 3 is 2.52 bits per heavy atom. The van der Waals surface area contributed by atoms with Crippen molar-refractivity contribution < 1.29 is 9.21 Å². The second-order valence-electron chi connectivity index (χ2n) is 7.00. The summed E-state index contributed by atoms with van der Waals surface area (Å²) >= 11 is 6.02. The van der Waals surface area contributed by atoms with Gasteiger partial charge in [-0.2, -0.15) is 5.10 Å². The summed E-state index contributed by atoms with van der Waals surface area (Å²) in [6, 6.07) is 24.6. The Kier molecular flexibility index (Phi) is 4.41. The second kappa shape index (κ2) is 7.22. The van der Waals surface area contributed by atoms with Crippen LogP contribution in [0.1, 0.15) is 34.1 Å². The van der Waals surface area contributed by atoms with Crippen molar-refractivity contribution in [3.05, 3.63) is 107 Å². The number of hydrazone groups is 1. The first-order valence-corrected chi connectivity index (χ1v) is 9.76. The maximum absolute atomic E-state index is 13.4. The van der Waals surface area contributed by atoms with Crippen LogP contribution in [0.3, 0.4) is 0 Å². The molecule has 0 bridgehead atoms. The molecule has 5 rings (SSSR count). The number of carbonyl (C=O) groups is 1. The van der Waals surface area contributed by atoms with Crippen LogP contribution in [0, 0.1) is 0 Å². The summed E-state index contributed by atoms with van der Waals surface area (Å²) in [7, 11) is 0. The molecule has 1 amide bonds. The molecule has 3 aromatic carbocycles. The first-order valence-electron chi connectivity index (χ1n) is 9.38. The number of amides is 1. The van der Waals surface area contributed by atoms with Crippen molar-refractivity contribution in [1.29, 1.82) is 0 Å². The zero-order chi connectivity index (χ0) is 19.8. The summed E-state index contributed by atoms with van der Waals surface area (Å²) in [5, 5.41) is 9.00. The molecule has 142 valence electrons. The van der Waals surface area contributed by atoms with E-state index in [2.05, 4.69) is 5.10 Å². The molecule has 1 aromatic heterocycles. The van der Waals surface area contributed by atoms with E-state index < -0.39 is 0 Å². The van der Waals surface area contributed by atoms with Gasteiger partial charge < -0.3 is 4.42 Å². The highest BCUT2D eigenvalue weighted by atomic mass is 35.5. The van der Waals surface area contributed by atoms with Gasteiger partial charge in [0.25, 0.3) is 5.91 Å². The first kappa shape index (κ1) is 17.7. The quantitative estimate of drug-likeness (QED) is 0.418. The lowest BCUT2D eigenvalue weighted by Gasteiger charge is -2.20. The number of carbonyl (C=O) groups excluding carboxylic acids is 1. The predicted molar refractivity (Wildman–Crippen MR) is 114 cm³/mol. The van der Waals surface area contributed by atoms with Gasteiger partial charge in [0.05, 0.1) is 12.0 Å². The molecule has 2 heterocycles. The van der Waals surface area contributed by atoms with Crippen molar-refractivity contribution in [1.82, 2.24) is 5.01 Å². The summed E-state index contributed by atoms with van der Waals surface area (Å²) in [6.07, 6.45) is 2.20. The van der Waals surface area contributed by atoms with Crippen molar-refractivity contribution in [3.63, 3.8) is 0 Å². The van der Waals surface area contributed by atoms with Crippen molar-refractivity contribution >= 4 is 34.0 Å². The fourth-order valence-electron chi connectivity index (χ4n) is 3.67. The number of nitrogens with zero attached hydrogens (tertiary/aromatic N) is 2. The first-order chi connectivity index (χ1) is 14.2. The number of benzene rings is 3. The van der Waals surface area contributed by atoms with Gasteiger partial charge in [0.2, 0.25) is 0 Å². The molecule has 0 radical (unpaired) electrons. The summed E-state index contributed by atoms with van der Waals surface area (Å²) in [5.74, 6) is 0.563. The smallest absolute Gasteiger partial charge is 0.274 e. The van der Waals surface area contributed by atoms with Gasteiger partial charge in [0.15, 0.2) is 0 Å². The van der Waals surface area contributed by atoms with Crippen LogP contribution in [-0.4, -0.2) is 16.6 Å². The summed E-state index contributed by atoms with van der Waals surface area (Å²) in [4.78, 5) is 13.4. The van der Waals surface area contributed by atoms with E-state index in [9.17, 15) is 4.79 Å². The monoisotopic (exact) mass is 400 g/mol. The van der Waals surface area contributed by atoms with E-state index in [4.69, 9.17) is 16.0 Å². The Bertz CT molecular complexity index is 1210. The Hall–Kier alpha value is -3.37. The maximum atomic E-state index is 13.4. The van der Waals surface area contributed by atoms with Gasteiger partial charge in [-0.15, -0.1) is 0 Å². The van der Waals surface area contributed by atoms with Gasteiger partial charge >= 0.3 is 0 Å². The van der Waals surface area contributed by atoms with Crippen molar-refractivity contribution in [2.45, 2.75) is 12.5 Å². The van der Waals surface area contributed by atoms with Gasteiger partial charge in [-0.25, -0.2) is 5.01 Å². The van der Waals surface area contributed by atoms with E-state index in [0.717, 1.165) is 22.0 Å². The topological polar surface area (TPSA) is 45.8 Å². The normalized spacial score (nSPS) is 16.2. The molecular formula is C24H17ClN2O2. The molecule has 5 heteroatoms. The van der Waals surface area contributed by atoms with E-state index in [1.807, 2.05) is 78.9 Å². The summed E-state index contributed by atoms with van der Waals surface area (Å²) < 4.78 is 5.62. The van der Waals surface area contributed by atoms with Crippen LogP contribution < -0.4 is 0 Å². The summed E-state index contributed by atoms with van der Waals surface area (Å²) in [6.45, 7) is 0. The number of hydrogen-bond acceptors (Lipinski definition) is 3. The van der Waals surface area contributed by atoms with Gasteiger partial charge in [-0.1, -0.05) is 54.1 Å². The van der Waals surface area contributed by atoms with Crippen molar-refractivity contribution in [2.24, 2.45) is 5.10 Å². The second-order valence-corrected chi connectivity index (χ2v) is 7.44. The number of furan rings is 1. The third-order valence-electron chi connectivity index (χ3n) is 5.16. The molecule has 1 atom stereocenters. The Labute approximate surface area is 173 Å². The van der Waals surface area contributed by atoms with Crippen LogP contribution in [0.4, 0.5) is 0 Å². The minimum Gasteiger partial charge on any atom is -0.467 e. The van der Waals surface area contributed by atoms with Gasteiger partial charge in [0.1, 0.15) is 11.8 Å². The predicted octanol–water partition coefficient (Wildman–Crippen LogP) is 6.08. The lowest BCUT2D eigenvalue weighted by Crippen LogP contribution is -2.26. The highest BCUT2D eigenvalue weighted by Gasteiger charge is 2.35. The molecule has 0 spiro atoms. The van der Waals surface area contributed by atoms with E-state index in [1.54, 1.807) is 6.26 Å². The fraction of sp³-hybridized carbons (Fsp3) is 0.0833. The van der Waals surface area contributed by atoms with Crippen LogP contribution in [-0.2, 0) is 0 Å². The van der Waals surface area contributed by atoms with Crippen LogP contribution in [0.2, 0.25) is 5.02 Å². The van der Waals surface area contributed by atoms with E-state index in [1.165, 1.54) is 5.01 Å². The zero-order valence-corrected chi connectivity index (χ0v) is 16.2. The maximum Gasteiger partial charge on any atom is 0.274 e. The molecule has 0 saturated heterocycles. The SMILES string of the molecule is O=C(c1ccc2ccccc2c1)N1N=C(c2ccc(Cl)cc2)C[C@@H]1c1ccco1. The molecule has 29 heavy (non-hydrogen) atoms. The van der Waals surface area contributed by atoms with Gasteiger partial charge in [-0.3, -0.25) is 4.79 Å². The zero-order valence-electron chi connectivity index (χ0n) is 15.5. The summed E-state index contributed by atoms with van der Waals surface area (Å²) in [5.41, 5.74) is 2.37. The number of fused-ring (bicyclic) bond motifs is 1. The van der Waals surface area contributed by atoms with Crippen LogP contribution in [0.15, 0.2) is 94.6 Å². The molecule has 0 unspecified atom stereocenters. The third-order valence-corrected chi connectivity index (χ3v) is 5.42. The Morgan fingerprint density at radius 2 is 1.76 bits per heavy atom. The van der Waals surface area contributed by atoms with Gasteiger partial charge in [-0.05, 0) is 52.7 Å². The highest BCUT2D eigenvalue weighted by molar-refractivity contribution is 6.30. The van der Waals surface area contributed by atoms with E-state index >= 15 is 0 Å². The molecule has 4 nitrogen and oxygen atoms in total. The van der Waals surface area contributed by atoms with E-state index in [-0.39, 0.29) is 11.9 Å². The largest absolute Gasteiger partial charge is 0.467 e. The van der Waals surface area contributed by atoms with E-state index in [0.29, 0.717) is 22.8 Å². The highest BCUT2D eigenvalue weighted by Crippen LogP contribution is 2.34. The minimum absolute atomic E-state index is 0.152. The molecule has 0 fully saturated rings. The third kappa shape index (κ3) is 3.32. The molecule has 0 N–H and O–H groups in total. The Balaban J connectivity index is 1.54. The molecule has 1 aliphatic rings. The molecule has 0 aliphatic carbocycles. The molecular weight excluding hydrogens is 384 g/mol. The Morgan fingerprint density at radius 1 is 0.966 bits per heavy atom. The van der Waals surface area contributed by atoms with Crippen LogP contribution in [0.25, 0.3) is 10.8 Å². The molecule has 4 aromatic rings. The molecule has 0 saturated carbocycles. The number of rotatable bonds is 3. The average molecular weight is 401 g/mol. The number of halogens is 1. The van der Waals surface area contributed by atoms with Crippen molar-refractivity contribution in [3.8, 4) is 0 Å². The molecule has 1 aliphatic heterocycles. The minimum atomic E-state index is -0.283. The lowest BCUT2D eigenvalue weighted by atomic mass is 10.0. The van der Waals surface area contributed by atoms with Crippen molar-refractivity contribution in [2.75, 3.05) is 0 Å². The van der Waals surface area contributed by atoms with Crippen LogP contribution in [0.5, 0.6) is 0 Å². The van der Waals surface area contributed by atoms with Gasteiger partial charge in [0, 0.05) is 17.0 Å². The average Bonchev–Trinajstić information content (AvgIpc) is 3.43. The number of hydrogen-bond donors (Lipinski definition) is 0.